The molecule has 0 aliphatic carbocycles. The molecule has 0 aliphatic rings. The third-order valence-corrected chi connectivity index (χ3v) is 4.86. The highest BCUT2D eigenvalue weighted by molar-refractivity contribution is 7.98. The fourth-order valence-electron chi connectivity index (χ4n) is 2.24. The summed E-state index contributed by atoms with van der Waals surface area (Å²) in [4.78, 5) is 0. The van der Waals surface area contributed by atoms with Gasteiger partial charge in [0.1, 0.15) is 0 Å². The van der Waals surface area contributed by atoms with Gasteiger partial charge in [0.15, 0.2) is 22.5 Å². The van der Waals surface area contributed by atoms with E-state index in [1.165, 1.54) is 24.9 Å². The maximum atomic E-state index is 13.7. The van der Waals surface area contributed by atoms with Gasteiger partial charge >= 0.3 is 0 Å². The Balaban J connectivity index is 1.75. The number of nitrogens with zero attached hydrogens (tertiary/aromatic N) is 3. The minimum atomic E-state index is -0.365. The molecule has 2 aromatic carbocycles. The van der Waals surface area contributed by atoms with Crippen LogP contribution in [0.2, 0.25) is 5.02 Å². The molecule has 0 spiro atoms. The molecule has 124 valence electrons. The van der Waals surface area contributed by atoms with Gasteiger partial charge in [0, 0.05) is 23.4 Å². The summed E-state index contributed by atoms with van der Waals surface area (Å²) < 4.78 is 20.6. The van der Waals surface area contributed by atoms with E-state index in [2.05, 4.69) is 10.2 Å². The topological polar surface area (TPSA) is 39.9 Å². The summed E-state index contributed by atoms with van der Waals surface area (Å²) >= 11 is 7.41. The largest absolute Gasteiger partial charge is 0.494 e. The molecule has 0 bridgehead atoms. The molecule has 3 aromatic rings. The molecule has 0 saturated heterocycles. The van der Waals surface area contributed by atoms with E-state index in [4.69, 9.17) is 16.3 Å². The fraction of sp³-hybridized carbons (Fsp3) is 0.176. The summed E-state index contributed by atoms with van der Waals surface area (Å²) in [6.45, 7) is 0. The van der Waals surface area contributed by atoms with Crippen molar-refractivity contribution in [2.75, 3.05) is 7.11 Å². The van der Waals surface area contributed by atoms with Crippen molar-refractivity contribution < 1.29 is 9.13 Å². The van der Waals surface area contributed by atoms with Crippen LogP contribution in [0.5, 0.6) is 5.75 Å². The van der Waals surface area contributed by atoms with E-state index in [9.17, 15) is 4.39 Å². The van der Waals surface area contributed by atoms with Gasteiger partial charge in [-0.1, -0.05) is 29.4 Å². The number of hydrogen-bond acceptors (Lipinski definition) is 4. The Hall–Kier alpha value is -2.05. The highest BCUT2D eigenvalue weighted by Gasteiger charge is 2.12. The van der Waals surface area contributed by atoms with E-state index in [1.54, 1.807) is 6.07 Å². The number of thioether (sulfide) groups is 1. The van der Waals surface area contributed by atoms with E-state index < -0.39 is 0 Å². The number of methoxy groups -OCH3 is 1. The van der Waals surface area contributed by atoms with E-state index in [1.807, 2.05) is 41.9 Å². The van der Waals surface area contributed by atoms with E-state index >= 15 is 0 Å². The average molecular weight is 364 g/mol. The van der Waals surface area contributed by atoms with E-state index in [-0.39, 0.29) is 11.6 Å². The number of rotatable bonds is 5. The van der Waals surface area contributed by atoms with Crippen LogP contribution in [0.1, 0.15) is 5.56 Å². The van der Waals surface area contributed by atoms with Crippen molar-refractivity contribution in [2.24, 2.45) is 7.05 Å². The molecule has 0 atom stereocenters. The highest BCUT2D eigenvalue weighted by Crippen LogP contribution is 2.27. The van der Waals surface area contributed by atoms with Crippen LogP contribution in [0.4, 0.5) is 4.39 Å². The Morgan fingerprint density at radius 1 is 1.17 bits per heavy atom. The van der Waals surface area contributed by atoms with Gasteiger partial charge in [0.05, 0.1) is 7.11 Å². The molecule has 1 heterocycles. The van der Waals surface area contributed by atoms with Crippen LogP contribution in [0.15, 0.2) is 47.6 Å². The van der Waals surface area contributed by atoms with Crippen molar-refractivity contribution in [1.29, 1.82) is 0 Å². The maximum Gasteiger partial charge on any atom is 0.191 e. The lowest BCUT2D eigenvalue weighted by atomic mass is 10.2. The van der Waals surface area contributed by atoms with Gasteiger partial charge in [0.25, 0.3) is 0 Å². The molecule has 0 fully saturated rings. The number of halogens is 2. The molecule has 24 heavy (non-hydrogen) atoms. The molecule has 0 aliphatic heterocycles. The first-order valence-electron chi connectivity index (χ1n) is 7.19. The molecular formula is C17H15ClFN3OS. The Morgan fingerprint density at radius 3 is 2.58 bits per heavy atom. The van der Waals surface area contributed by atoms with Gasteiger partial charge < -0.3 is 9.30 Å². The second kappa shape index (κ2) is 7.23. The Bertz CT molecular complexity index is 852. The molecule has 0 radical (unpaired) electrons. The molecular weight excluding hydrogens is 349 g/mol. The molecule has 7 heteroatoms. The number of hydrogen-bond donors (Lipinski definition) is 0. The van der Waals surface area contributed by atoms with Crippen molar-refractivity contribution in [3.63, 3.8) is 0 Å². The quantitative estimate of drug-likeness (QED) is 0.622. The van der Waals surface area contributed by atoms with Crippen LogP contribution in [-0.4, -0.2) is 21.9 Å². The number of ether oxygens (including phenoxy) is 1. The van der Waals surface area contributed by atoms with Crippen molar-refractivity contribution in [1.82, 2.24) is 14.8 Å². The minimum absolute atomic E-state index is 0.243. The van der Waals surface area contributed by atoms with Gasteiger partial charge in [-0.15, -0.1) is 10.2 Å². The molecule has 0 unspecified atom stereocenters. The van der Waals surface area contributed by atoms with Crippen molar-refractivity contribution in [3.8, 4) is 17.1 Å². The highest BCUT2D eigenvalue weighted by atomic mass is 35.5. The number of aromatic nitrogens is 3. The van der Waals surface area contributed by atoms with Crippen LogP contribution >= 0.6 is 23.4 Å². The lowest BCUT2D eigenvalue weighted by Crippen LogP contribution is -1.95. The predicted octanol–water partition coefficient (Wildman–Crippen LogP) is 4.58. The summed E-state index contributed by atoms with van der Waals surface area (Å²) in [5.41, 5.74) is 1.80. The summed E-state index contributed by atoms with van der Waals surface area (Å²) in [6.07, 6.45) is 0. The third-order valence-electron chi connectivity index (χ3n) is 3.52. The monoisotopic (exact) mass is 363 g/mol. The Labute approximate surface area is 148 Å². The number of benzene rings is 2. The van der Waals surface area contributed by atoms with Crippen molar-refractivity contribution in [2.45, 2.75) is 10.9 Å². The first kappa shape index (κ1) is 16.8. The molecule has 3 rings (SSSR count). The second-order valence-corrected chi connectivity index (χ2v) is 6.51. The average Bonchev–Trinajstić information content (AvgIpc) is 2.95. The summed E-state index contributed by atoms with van der Waals surface area (Å²) in [7, 11) is 3.35. The SMILES string of the molecule is COc1ccc(CSc2nnc(-c3ccc(Cl)cc3)n2C)cc1F. The summed E-state index contributed by atoms with van der Waals surface area (Å²) in [6, 6.07) is 12.4. The zero-order chi connectivity index (χ0) is 17.1. The summed E-state index contributed by atoms with van der Waals surface area (Å²) in [5.74, 6) is 1.23. The third kappa shape index (κ3) is 3.55. The Kier molecular flexibility index (Phi) is 5.06. The molecule has 0 amide bonds. The van der Waals surface area contributed by atoms with Gasteiger partial charge in [0.2, 0.25) is 0 Å². The normalized spacial score (nSPS) is 10.8. The summed E-state index contributed by atoms with van der Waals surface area (Å²) in [5, 5.41) is 9.88. The first-order valence-corrected chi connectivity index (χ1v) is 8.55. The maximum absolute atomic E-state index is 13.7. The van der Waals surface area contributed by atoms with Crippen LogP contribution < -0.4 is 4.74 Å². The zero-order valence-corrected chi connectivity index (χ0v) is 14.7. The van der Waals surface area contributed by atoms with Gasteiger partial charge in [-0.05, 0) is 42.0 Å². The van der Waals surface area contributed by atoms with Crippen LogP contribution in [0, 0.1) is 5.82 Å². The molecule has 0 N–H and O–H groups in total. The van der Waals surface area contributed by atoms with E-state index in [0.717, 1.165) is 22.1 Å². The lowest BCUT2D eigenvalue weighted by molar-refractivity contribution is 0.386. The minimum Gasteiger partial charge on any atom is -0.494 e. The van der Waals surface area contributed by atoms with Crippen molar-refractivity contribution in [3.05, 3.63) is 58.9 Å². The first-order chi connectivity index (χ1) is 11.6. The van der Waals surface area contributed by atoms with Crippen LogP contribution in [0.25, 0.3) is 11.4 Å². The van der Waals surface area contributed by atoms with Crippen LogP contribution in [-0.2, 0) is 12.8 Å². The zero-order valence-electron chi connectivity index (χ0n) is 13.2. The second-order valence-electron chi connectivity index (χ2n) is 5.13. The fourth-order valence-corrected chi connectivity index (χ4v) is 3.22. The lowest BCUT2D eigenvalue weighted by Gasteiger charge is -2.06. The molecule has 0 saturated carbocycles. The van der Waals surface area contributed by atoms with Gasteiger partial charge in [-0.25, -0.2) is 4.39 Å². The molecule has 1 aromatic heterocycles. The predicted molar refractivity (Wildman–Crippen MR) is 94.0 cm³/mol. The van der Waals surface area contributed by atoms with Gasteiger partial charge in [-0.2, -0.15) is 0 Å². The Morgan fingerprint density at radius 2 is 1.92 bits per heavy atom. The van der Waals surface area contributed by atoms with Crippen molar-refractivity contribution >= 4 is 23.4 Å². The molecule has 4 nitrogen and oxygen atoms in total. The van der Waals surface area contributed by atoms with Crippen LogP contribution in [0.3, 0.4) is 0 Å². The standard InChI is InChI=1S/C17H15ClFN3OS/c1-22-16(12-4-6-13(18)7-5-12)20-21-17(22)24-10-11-3-8-15(23-2)14(19)9-11/h3-9H,10H2,1-2H3. The van der Waals surface area contributed by atoms with E-state index in [0.29, 0.717) is 10.8 Å². The smallest absolute Gasteiger partial charge is 0.191 e. The van der Waals surface area contributed by atoms with Gasteiger partial charge in [-0.3, -0.25) is 0 Å².